The zero-order chi connectivity index (χ0) is 15.8. The molecule has 21 heavy (non-hydrogen) atoms. The maximum atomic E-state index is 13.0. The first-order chi connectivity index (χ1) is 9.88. The summed E-state index contributed by atoms with van der Waals surface area (Å²) in [6.45, 7) is 2.77. The zero-order valence-corrected chi connectivity index (χ0v) is 12.7. The Balaban J connectivity index is 2.50. The average Bonchev–Trinajstić information content (AvgIpc) is 2.36. The molecular weight excluding hydrogens is 273 g/mol. The first-order valence-corrected chi connectivity index (χ1v) is 6.84. The first-order valence-electron chi connectivity index (χ1n) is 6.84. The monoisotopic (exact) mass is 295 g/mol. The number of benzene rings is 1. The molecule has 0 fully saturated rings. The van der Waals surface area contributed by atoms with Crippen molar-refractivity contribution in [3.05, 3.63) is 30.1 Å². The lowest BCUT2D eigenvalue weighted by Crippen LogP contribution is -2.38. The number of anilines is 1. The van der Waals surface area contributed by atoms with Gasteiger partial charge in [-0.2, -0.15) is 0 Å². The van der Waals surface area contributed by atoms with Crippen molar-refractivity contribution in [3.63, 3.8) is 0 Å². The summed E-state index contributed by atoms with van der Waals surface area (Å²) in [6, 6.07) is 5.66. The van der Waals surface area contributed by atoms with Gasteiger partial charge < -0.3 is 15.1 Å². The number of halogens is 1. The van der Waals surface area contributed by atoms with Gasteiger partial charge in [0.25, 0.3) is 0 Å². The second-order valence-electron chi connectivity index (χ2n) is 5.16. The summed E-state index contributed by atoms with van der Waals surface area (Å²) in [6.07, 6.45) is 0.791. The fourth-order valence-corrected chi connectivity index (χ4v) is 1.87. The van der Waals surface area contributed by atoms with E-state index in [1.807, 2.05) is 19.0 Å². The molecule has 0 saturated heterocycles. The van der Waals surface area contributed by atoms with Gasteiger partial charge in [-0.05, 0) is 45.3 Å². The van der Waals surface area contributed by atoms with Crippen LogP contribution in [-0.4, -0.2) is 55.3 Å². The lowest BCUT2D eigenvalue weighted by atomic mass is 10.3. The number of amides is 2. The van der Waals surface area contributed by atoms with Crippen molar-refractivity contribution in [2.24, 2.45) is 0 Å². The highest BCUT2D eigenvalue weighted by molar-refractivity contribution is 5.94. The van der Waals surface area contributed by atoms with Crippen LogP contribution in [0.2, 0.25) is 0 Å². The van der Waals surface area contributed by atoms with E-state index in [-0.39, 0.29) is 18.4 Å². The molecule has 1 aromatic rings. The molecule has 1 rings (SSSR count). The number of rotatable bonds is 7. The average molecular weight is 295 g/mol. The Labute approximate surface area is 124 Å². The molecule has 0 aliphatic carbocycles. The van der Waals surface area contributed by atoms with Crippen LogP contribution in [-0.2, 0) is 9.59 Å². The highest BCUT2D eigenvalue weighted by Gasteiger charge is 2.13. The SMILES string of the molecule is CC(=O)N(CCCN(C)C)CC(=O)Nc1cccc(F)c1. The van der Waals surface area contributed by atoms with Crippen molar-refractivity contribution in [1.82, 2.24) is 9.80 Å². The Hall–Kier alpha value is -1.95. The molecule has 6 heteroatoms. The van der Waals surface area contributed by atoms with Crippen molar-refractivity contribution < 1.29 is 14.0 Å². The van der Waals surface area contributed by atoms with Crippen LogP contribution in [0.5, 0.6) is 0 Å². The van der Waals surface area contributed by atoms with Gasteiger partial charge in [0, 0.05) is 19.2 Å². The van der Waals surface area contributed by atoms with E-state index in [9.17, 15) is 14.0 Å². The smallest absolute Gasteiger partial charge is 0.243 e. The van der Waals surface area contributed by atoms with Crippen molar-refractivity contribution in [2.45, 2.75) is 13.3 Å². The maximum absolute atomic E-state index is 13.0. The molecule has 0 aliphatic rings. The Bertz CT molecular complexity index is 492. The molecule has 0 heterocycles. The van der Waals surface area contributed by atoms with Gasteiger partial charge in [-0.25, -0.2) is 4.39 Å². The van der Waals surface area contributed by atoms with Crippen LogP contribution in [0.25, 0.3) is 0 Å². The molecule has 0 saturated carbocycles. The standard InChI is InChI=1S/C15H22FN3O2/c1-12(20)19(9-5-8-18(2)3)11-15(21)17-14-7-4-6-13(16)10-14/h4,6-7,10H,5,8-9,11H2,1-3H3,(H,17,21). The van der Waals surface area contributed by atoms with Gasteiger partial charge in [0.2, 0.25) is 11.8 Å². The summed E-state index contributed by atoms with van der Waals surface area (Å²) in [7, 11) is 3.91. The van der Waals surface area contributed by atoms with Crippen LogP contribution < -0.4 is 5.32 Å². The minimum absolute atomic E-state index is 0.0285. The van der Waals surface area contributed by atoms with E-state index in [4.69, 9.17) is 0 Å². The number of hydrogen-bond acceptors (Lipinski definition) is 3. The molecule has 0 spiro atoms. The molecule has 1 aromatic carbocycles. The molecular formula is C15H22FN3O2. The van der Waals surface area contributed by atoms with E-state index in [1.54, 1.807) is 6.07 Å². The molecule has 5 nitrogen and oxygen atoms in total. The Morgan fingerprint density at radius 3 is 2.52 bits per heavy atom. The predicted molar refractivity (Wildman–Crippen MR) is 80.5 cm³/mol. The van der Waals surface area contributed by atoms with Gasteiger partial charge in [-0.3, -0.25) is 9.59 Å². The first kappa shape index (κ1) is 17.1. The van der Waals surface area contributed by atoms with E-state index in [1.165, 1.54) is 30.0 Å². The number of nitrogens with one attached hydrogen (secondary N) is 1. The van der Waals surface area contributed by atoms with E-state index >= 15 is 0 Å². The van der Waals surface area contributed by atoms with Crippen LogP contribution in [0.3, 0.4) is 0 Å². The Morgan fingerprint density at radius 2 is 1.95 bits per heavy atom. The van der Waals surface area contributed by atoms with E-state index in [0.29, 0.717) is 12.2 Å². The maximum Gasteiger partial charge on any atom is 0.243 e. The molecule has 2 amide bonds. The van der Waals surface area contributed by atoms with Crippen LogP contribution in [0.1, 0.15) is 13.3 Å². The number of carbonyl (C=O) groups excluding carboxylic acids is 2. The lowest BCUT2D eigenvalue weighted by molar-refractivity contribution is -0.132. The predicted octanol–water partition coefficient (Wildman–Crippen LogP) is 1.56. The summed E-state index contributed by atoms with van der Waals surface area (Å²) in [5, 5.41) is 2.58. The molecule has 0 aromatic heterocycles. The Morgan fingerprint density at radius 1 is 1.24 bits per heavy atom. The third kappa shape index (κ3) is 6.85. The third-order valence-corrected chi connectivity index (χ3v) is 2.92. The fraction of sp³-hybridized carbons (Fsp3) is 0.467. The Kier molecular flexibility index (Phi) is 6.81. The summed E-state index contributed by atoms with van der Waals surface area (Å²) in [5.41, 5.74) is 0.386. The fourth-order valence-electron chi connectivity index (χ4n) is 1.87. The van der Waals surface area contributed by atoms with Crippen LogP contribution in [0.4, 0.5) is 10.1 Å². The summed E-state index contributed by atoms with van der Waals surface area (Å²) < 4.78 is 13.0. The second kappa shape index (κ2) is 8.36. The van der Waals surface area contributed by atoms with Crippen LogP contribution in [0, 0.1) is 5.82 Å². The van der Waals surface area contributed by atoms with E-state index in [2.05, 4.69) is 5.32 Å². The van der Waals surface area contributed by atoms with Gasteiger partial charge in [0.1, 0.15) is 5.82 Å². The lowest BCUT2D eigenvalue weighted by Gasteiger charge is -2.21. The molecule has 0 radical (unpaired) electrons. The van der Waals surface area contributed by atoms with E-state index in [0.717, 1.165) is 13.0 Å². The highest BCUT2D eigenvalue weighted by atomic mass is 19.1. The van der Waals surface area contributed by atoms with Gasteiger partial charge in [0.05, 0.1) is 6.54 Å². The molecule has 0 aliphatic heterocycles. The van der Waals surface area contributed by atoms with Gasteiger partial charge in [0.15, 0.2) is 0 Å². The minimum Gasteiger partial charge on any atom is -0.334 e. The topological polar surface area (TPSA) is 52.7 Å². The van der Waals surface area contributed by atoms with Crippen molar-refractivity contribution in [3.8, 4) is 0 Å². The normalized spacial score (nSPS) is 10.5. The zero-order valence-electron chi connectivity index (χ0n) is 12.7. The minimum atomic E-state index is -0.415. The summed E-state index contributed by atoms with van der Waals surface area (Å²) >= 11 is 0. The van der Waals surface area contributed by atoms with Crippen LogP contribution in [0.15, 0.2) is 24.3 Å². The van der Waals surface area contributed by atoms with Gasteiger partial charge in [-0.1, -0.05) is 6.07 Å². The second-order valence-corrected chi connectivity index (χ2v) is 5.16. The van der Waals surface area contributed by atoms with Crippen molar-refractivity contribution in [1.29, 1.82) is 0 Å². The summed E-state index contributed by atoms with van der Waals surface area (Å²) in [5.74, 6) is -0.897. The molecule has 0 bridgehead atoms. The van der Waals surface area contributed by atoms with Gasteiger partial charge >= 0.3 is 0 Å². The van der Waals surface area contributed by atoms with Crippen molar-refractivity contribution in [2.75, 3.05) is 39.0 Å². The van der Waals surface area contributed by atoms with Gasteiger partial charge in [-0.15, -0.1) is 0 Å². The number of hydrogen-bond donors (Lipinski definition) is 1. The van der Waals surface area contributed by atoms with Crippen molar-refractivity contribution >= 4 is 17.5 Å². The molecule has 1 N–H and O–H groups in total. The number of nitrogens with zero attached hydrogens (tertiary/aromatic N) is 2. The molecule has 0 atom stereocenters. The van der Waals surface area contributed by atoms with Crippen LogP contribution >= 0.6 is 0 Å². The third-order valence-electron chi connectivity index (χ3n) is 2.92. The number of carbonyl (C=O) groups is 2. The molecule has 116 valence electrons. The highest BCUT2D eigenvalue weighted by Crippen LogP contribution is 2.09. The quantitative estimate of drug-likeness (QED) is 0.830. The van der Waals surface area contributed by atoms with E-state index < -0.39 is 5.82 Å². The molecule has 0 unspecified atom stereocenters. The largest absolute Gasteiger partial charge is 0.334 e. The summed E-state index contributed by atoms with van der Waals surface area (Å²) in [4.78, 5) is 26.9.